The van der Waals surface area contributed by atoms with Crippen LogP contribution in [-0.2, 0) is 10.1 Å². The number of hydrogen-bond donors (Lipinski definition) is 2. The molecule has 2 N–H and O–H groups in total. The van der Waals surface area contributed by atoms with E-state index in [0.717, 1.165) is 12.1 Å². The average Bonchev–Trinajstić information content (AvgIpc) is 1.95. The van der Waals surface area contributed by atoms with Crippen molar-refractivity contribution in [2.75, 3.05) is 12.3 Å². The van der Waals surface area contributed by atoms with Crippen LogP contribution in [-0.4, -0.2) is 25.3 Å². The van der Waals surface area contributed by atoms with E-state index in [1.807, 2.05) is 0 Å². The summed E-state index contributed by atoms with van der Waals surface area (Å²) in [6.45, 7) is 8.52. The first kappa shape index (κ1) is 13.4. The van der Waals surface area contributed by atoms with E-state index in [2.05, 4.69) is 25.7 Å². The summed E-state index contributed by atoms with van der Waals surface area (Å²) < 4.78 is 29.2. The average molecular weight is 221 g/mol. The molecule has 0 rings (SSSR count). The fourth-order valence-electron chi connectivity index (χ4n) is 1.08. The monoisotopic (exact) mass is 221 g/mol. The highest BCUT2D eigenvalue weighted by Gasteiger charge is 2.03. The molecule has 0 aromatic carbocycles. The molecule has 84 valence electrons. The van der Waals surface area contributed by atoms with Gasteiger partial charge in [-0.15, -0.1) is 0 Å². The van der Waals surface area contributed by atoms with Crippen molar-refractivity contribution < 1.29 is 13.0 Å². The van der Waals surface area contributed by atoms with E-state index < -0.39 is 10.1 Å². The molecule has 0 spiro atoms. The van der Waals surface area contributed by atoms with E-state index in [4.69, 9.17) is 4.55 Å². The first-order valence-electron chi connectivity index (χ1n) is 4.68. The van der Waals surface area contributed by atoms with Crippen LogP contribution in [0.3, 0.4) is 0 Å². The maximum Gasteiger partial charge on any atom is 0.264 e. The molecular weight excluding hydrogens is 202 g/mol. The molecule has 0 bridgehead atoms. The molecule has 0 aliphatic heterocycles. The largest absolute Gasteiger partial charge is 0.389 e. The van der Waals surface area contributed by atoms with Gasteiger partial charge >= 0.3 is 0 Å². The molecule has 14 heavy (non-hydrogen) atoms. The Morgan fingerprint density at radius 2 is 2.07 bits per heavy atom. The van der Waals surface area contributed by atoms with Crippen molar-refractivity contribution in [2.24, 2.45) is 5.92 Å². The number of hydrogen-bond acceptors (Lipinski definition) is 3. The van der Waals surface area contributed by atoms with E-state index in [-0.39, 0.29) is 5.75 Å². The summed E-state index contributed by atoms with van der Waals surface area (Å²) in [5, 5.41) is 3.02. The van der Waals surface area contributed by atoms with Gasteiger partial charge in [-0.05, 0) is 18.8 Å². The summed E-state index contributed by atoms with van der Waals surface area (Å²) in [6, 6.07) is 0. The van der Waals surface area contributed by atoms with Crippen LogP contribution in [0.25, 0.3) is 0 Å². The van der Waals surface area contributed by atoms with Gasteiger partial charge in [0.1, 0.15) is 0 Å². The van der Waals surface area contributed by atoms with Crippen LogP contribution in [0, 0.1) is 5.92 Å². The highest BCUT2D eigenvalue weighted by atomic mass is 32.2. The predicted octanol–water partition coefficient (Wildman–Crippen LogP) is 1.41. The molecule has 0 saturated heterocycles. The van der Waals surface area contributed by atoms with Crippen molar-refractivity contribution in [3.05, 3.63) is 12.3 Å². The Hall–Kier alpha value is -0.550. The Bertz CT molecular complexity index is 270. The maximum absolute atomic E-state index is 10.4. The van der Waals surface area contributed by atoms with Crippen molar-refractivity contribution in [1.82, 2.24) is 5.32 Å². The first-order valence-corrected chi connectivity index (χ1v) is 6.29. The van der Waals surface area contributed by atoms with Gasteiger partial charge in [-0.1, -0.05) is 20.4 Å². The van der Waals surface area contributed by atoms with Crippen LogP contribution in [0.5, 0.6) is 0 Å². The summed E-state index contributed by atoms with van der Waals surface area (Å²) in [6.07, 6.45) is 1.28. The minimum absolute atomic E-state index is 0.199. The summed E-state index contributed by atoms with van der Waals surface area (Å²) in [7, 11) is -3.81. The Morgan fingerprint density at radius 3 is 2.50 bits per heavy atom. The van der Waals surface area contributed by atoms with Crippen LogP contribution in [0.2, 0.25) is 0 Å². The van der Waals surface area contributed by atoms with Gasteiger partial charge in [-0.25, -0.2) is 0 Å². The lowest BCUT2D eigenvalue weighted by Gasteiger charge is -2.10. The van der Waals surface area contributed by atoms with Crippen LogP contribution in [0.1, 0.15) is 26.7 Å². The van der Waals surface area contributed by atoms with Gasteiger partial charge in [0.25, 0.3) is 10.1 Å². The fraction of sp³-hybridized carbons (Fsp3) is 0.778. The lowest BCUT2D eigenvalue weighted by molar-refractivity contribution is 0.480. The van der Waals surface area contributed by atoms with Gasteiger partial charge in [-0.2, -0.15) is 8.42 Å². The van der Waals surface area contributed by atoms with E-state index in [1.54, 1.807) is 0 Å². The van der Waals surface area contributed by atoms with Crippen molar-refractivity contribution in [1.29, 1.82) is 0 Å². The zero-order chi connectivity index (χ0) is 11.2. The highest BCUT2D eigenvalue weighted by Crippen LogP contribution is 2.05. The Kier molecular flexibility index (Phi) is 5.79. The van der Waals surface area contributed by atoms with Gasteiger partial charge in [0, 0.05) is 12.2 Å². The lowest BCUT2D eigenvalue weighted by atomic mass is 10.1. The van der Waals surface area contributed by atoms with Crippen molar-refractivity contribution in [3.63, 3.8) is 0 Å². The zero-order valence-corrected chi connectivity index (χ0v) is 9.60. The van der Waals surface area contributed by atoms with Crippen molar-refractivity contribution in [2.45, 2.75) is 26.7 Å². The quantitative estimate of drug-likeness (QED) is 0.504. The van der Waals surface area contributed by atoms with Crippen LogP contribution in [0.15, 0.2) is 12.3 Å². The molecule has 0 radical (unpaired) electrons. The normalized spacial score (nSPS) is 11.7. The van der Waals surface area contributed by atoms with E-state index in [0.29, 0.717) is 18.9 Å². The molecule has 4 nitrogen and oxygen atoms in total. The Balaban J connectivity index is 3.51. The summed E-state index contributed by atoms with van der Waals surface area (Å²) in [5.41, 5.74) is 0.912. The molecular formula is C9H19NO3S. The second kappa shape index (κ2) is 6.03. The van der Waals surface area contributed by atoms with Gasteiger partial charge in [0.15, 0.2) is 0 Å². The smallest absolute Gasteiger partial charge is 0.264 e. The maximum atomic E-state index is 10.4. The summed E-state index contributed by atoms with van der Waals surface area (Å²) in [4.78, 5) is 0. The standard InChI is InChI=1S/C9H19NO3S/c1-8(2)7-9(3)10-5-4-6-14(11,12)13/h8,10H,3-7H2,1-2H3,(H,11,12,13). The van der Waals surface area contributed by atoms with E-state index >= 15 is 0 Å². The van der Waals surface area contributed by atoms with Gasteiger partial charge < -0.3 is 5.32 Å². The molecule has 0 unspecified atom stereocenters. The summed E-state index contributed by atoms with van der Waals surface area (Å²) >= 11 is 0. The fourth-order valence-corrected chi connectivity index (χ4v) is 1.59. The van der Waals surface area contributed by atoms with Gasteiger partial charge in [0.05, 0.1) is 5.75 Å². The second-order valence-corrected chi connectivity index (χ2v) is 5.34. The van der Waals surface area contributed by atoms with Crippen molar-refractivity contribution in [3.8, 4) is 0 Å². The molecule has 0 fully saturated rings. The molecule has 0 amide bonds. The SMILES string of the molecule is C=C(CC(C)C)NCCCS(=O)(=O)O. The van der Waals surface area contributed by atoms with E-state index in [1.165, 1.54) is 0 Å². The molecule has 0 heterocycles. The Labute approximate surface area is 86.1 Å². The Morgan fingerprint density at radius 1 is 1.50 bits per heavy atom. The van der Waals surface area contributed by atoms with Crippen LogP contribution >= 0.6 is 0 Å². The predicted molar refractivity (Wildman–Crippen MR) is 57.6 cm³/mol. The van der Waals surface area contributed by atoms with Gasteiger partial charge in [-0.3, -0.25) is 4.55 Å². The highest BCUT2D eigenvalue weighted by molar-refractivity contribution is 7.85. The van der Waals surface area contributed by atoms with Gasteiger partial charge in [0.2, 0.25) is 0 Å². The molecule has 0 aliphatic carbocycles. The van der Waals surface area contributed by atoms with Crippen LogP contribution < -0.4 is 5.32 Å². The minimum Gasteiger partial charge on any atom is -0.389 e. The van der Waals surface area contributed by atoms with Crippen LogP contribution in [0.4, 0.5) is 0 Å². The molecule has 0 atom stereocenters. The van der Waals surface area contributed by atoms with Crippen molar-refractivity contribution >= 4 is 10.1 Å². The minimum atomic E-state index is -3.81. The first-order chi connectivity index (χ1) is 6.31. The molecule has 0 saturated carbocycles. The third-order valence-corrected chi connectivity index (χ3v) is 2.41. The van der Waals surface area contributed by atoms with E-state index in [9.17, 15) is 8.42 Å². The molecule has 0 aromatic rings. The number of allylic oxidation sites excluding steroid dienone is 1. The number of rotatable bonds is 7. The second-order valence-electron chi connectivity index (χ2n) is 3.77. The zero-order valence-electron chi connectivity index (χ0n) is 8.78. The number of nitrogens with one attached hydrogen (secondary N) is 1. The third kappa shape index (κ3) is 9.54. The topological polar surface area (TPSA) is 66.4 Å². The lowest BCUT2D eigenvalue weighted by Crippen LogP contribution is -2.18. The molecule has 0 aliphatic rings. The third-order valence-electron chi connectivity index (χ3n) is 1.61. The summed E-state index contributed by atoms with van der Waals surface area (Å²) in [5.74, 6) is 0.339. The molecule has 5 heteroatoms. The molecule has 0 aromatic heterocycles.